The summed E-state index contributed by atoms with van der Waals surface area (Å²) in [5.74, 6) is -0.233. The van der Waals surface area contributed by atoms with Crippen molar-refractivity contribution < 1.29 is 14.6 Å². The van der Waals surface area contributed by atoms with E-state index in [1.807, 2.05) is 36.4 Å². The van der Waals surface area contributed by atoms with Crippen molar-refractivity contribution in [2.24, 2.45) is 0 Å². The number of hydrogen-bond donors (Lipinski definition) is 2. The van der Waals surface area contributed by atoms with Crippen molar-refractivity contribution in [2.45, 2.75) is 12.2 Å². The Labute approximate surface area is 131 Å². The van der Waals surface area contributed by atoms with Gasteiger partial charge in [-0.25, -0.2) is 4.39 Å². The minimum atomic E-state index is -0.930. The highest BCUT2D eigenvalue weighted by Crippen LogP contribution is 2.37. The molecule has 0 saturated heterocycles. The summed E-state index contributed by atoms with van der Waals surface area (Å²) in [7, 11) is 0. The Bertz CT molecular complexity index is 1160. The molecule has 0 fully saturated rings. The molecule has 0 heterocycles. The van der Waals surface area contributed by atoms with Crippen LogP contribution in [0.15, 0.2) is 48.5 Å². The Balaban J connectivity index is 2.12. The van der Waals surface area contributed by atoms with Crippen LogP contribution in [-0.4, -0.2) is 16.3 Å². The summed E-state index contributed by atoms with van der Waals surface area (Å²) in [5, 5.41) is 26.6. The first-order chi connectivity index (χ1) is 11.1. The van der Waals surface area contributed by atoms with Gasteiger partial charge in [0.2, 0.25) is 0 Å². The van der Waals surface area contributed by atoms with Crippen molar-refractivity contribution in [3.8, 4) is 0 Å². The van der Waals surface area contributed by atoms with Gasteiger partial charge < -0.3 is 10.2 Å². The normalized spacial score (nSPS) is 20.3. The van der Waals surface area contributed by atoms with Gasteiger partial charge in [0.15, 0.2) is 0 Å². The van der Waals surface area contributed by atoms with Gasteiger partial charge in [-0.2, -0.15) is 0 Å². The molecule has 4 aromatic carbocycles. The molecule has 0 aliphatic heterocycles. The number of halogens is 1. The van der Waals surface area contributed by atoms with E-state index < -0.39 is 12.2 Å². The van der Waals surface area contributed by atoms with Gasteiger partial charge in [-0.3, -0.25) is 0 Å². The second-order valence-corrected chi connectivity index (χ2v) is 6.14. The van der Waals surface area contributed by atoms with Crippen LogP contribution in [0.1, 0.15) is 11.7 Å². The van der Waals surface area contributed by atoms with Crippen molar-refractivity contribution in [3.05, 3.63) is 65.1 Å². The fourth-order valence-electron chi connectivity index (χ4n) is 3.84. The van der Waals surface area contributed by atoms with Crippen LogP contribution in [0.5, 0.6) is 0 Å². The molecule has 2 atom stereocenters. The zero-order valence-corrected chi connectivity index (χ0v) is 12.1. The standard InChI is InChI=1S/C20H13FO2/c21-16-3-1-2-12-13-6-4-11-9-17(22)20(23)14-7-5-10(8-15(12)16)18(13)19(11)14/h1-9,17,20,22-23H. The molecule has 0 amide bonds. The smallest absolute Gasteiger partial charge is 0.131 e. The highest BCUT2D eigenvalue weighted by Gasteiger charge is 2.24. The monoisotopic (exact) mass is 304 g/mol. The van der Waals surface area contributed by atoms with E-state index in [1.54, 1.807) is 12.1 Å². The third-order valence-corrected chi connectivity index (χ3v) is 4.89. The van der Waals surface area contributed by atoms with Crippen molar-refractivity contribution >= 4 is 38.4 Å². The van der Waals surface area contributed by atoms with Crippen LogP contribution in [0.3, 0.4) is 0 Å². The molecule has 0 bridgehead atoms. The minimum absolute atomic E-state index is 0.233. The van der Waals surface area contributed by atoms with E-state index >= 15 is 0 Å². The number of aliphatic hydroxyl groups excluding tert-OH is 2. The van der Waals surface area contributed by atoms with Crippen LogP contribution in [-0.2, 0) is 0 Å². The average molecular weight is 304 g/mol. The summed E-state index contributed by atoms with van der Waals surface area (Å²) in [6.07, 6.45) is -0.151. The Morgan fingerprint density at radius 3 is 2.57 bits per heavy atom. The number of aliphatic hydroxyl groups is 2. The molecule has 5 rings (SSSR count). The lowest BCUT2D eigenvalue weighted by Gasteiger charge is -2.23. The highest BCUT2D eigenvalue weighted by atomic mass is 19.1. The maximum atomic E-state index is 14.2. The zero-order chi connectivity index (χ0) is 15.7. The molecule has 2 nitrogen and oxygen atoms in total. The summed E-state index contributed by atoms with van der Waals surface area (Å²) in [4.78, 5) is 0. The lowest BCUT2D eigenvalue weighted by Crippen LogP contribution is -2.25. The molecule has 3 heteroatoms. The SMILES string of the molecule is OC1C=c2ccc3c4cccc(F)c4cc4ccc(c2c43)C1O. The molecule has 23 heavy (non-hydrogen) atoms. The molecule has 0 radical (unpaired) electrons. The molecule has 1 aliphatic carbocycles. The van der Waals surface area contributed by atoms with Crippen LogP contribution in [0.2, 0.25) is 0 Å². The lowest BCUT2D eigenvalue weighted by atomic mass is 9.86. The van der Waals surface area contributed by atoms with Crippen LogP contribution in [0.4, 0.5) is 4.39 Å². The second kappa shape index (κ2) is 4.28. The van der Waals surface area contributed by atoms with Crippen LogP contribution in [0.25, 0.3) is 38.4 Å². The molecule has 4 aromatic rings. The van der Waals surface area contributed by atoms with E-state index in [-0.39, 0.29) is 5.82 Å². The highest BCUT2D eigenvalue weighted by molar-refractivity contribution is 6.22. The quantitative estimate of drug-likeness (QED) is 0.387. The third kappa shape index (κ3) is 1.58. The van der Waals surface area contributed by atoms with Gasteiger partial charge in [-0.1, -0.05) is 36.4 Å². The maximum Gasteiger partial charge on any atom is 0.131 e. The third-order valence-electron chi connectivity index (χ3n) is 4.89. The number of benzene rings is 4. The van der Waals surface area contributed by atoms with Gasteiger partial charge in [-0.15, -0.1) is 0 Å². The molecular weight excluding hydrogens is 291 g/mol. The van der Waals surface area contributed by atoms with E-state index in [0.717, 1.165) is 37.7 Å². The first-order valence-electron chi connectivity index (χ1n) is 7.59. The first-order valence-corrected chi connectivity index (χ1v) is 7.59. The summed E-state index contributed by atoms with van der Waals surface area (Å²) < 4.78 is 14.2. The average Bonchev–Trinajstić information content (AvgIpc) is 2.56. The fourth-order valence-corrected chi connectivity index (χ4v) is 3.84. The van der Waals surface area contributed by atoms with E-state index in [9.17, 15) is 14.6 Å². The van der Waals surface area contributed by atoms with E-state index in [2.05, 4.69) is 0 Å². The van der Waals surface area contributed by atoms with Gasteiger partial charge in [0, 0.05) is 5.39 Å². The Hall–Kier alpha value is -2.49. The van der Waals surface area contributed by atoms with Crippen molar-refractivity contribution in [1.82, 2.24) is 0 Å². The van der Waals surface area contributed by atoms with Crippen LogP contribution >= 0.6 is 0 Å². The van der Waals surface area contributed by atoms with Gasteiger partial charge in [0.25, 0.3) is 0 Å². The maximum absolute atomic E-state index is 14.2. The van der Waals surface area contributed by atoms with Gasteiger partial charge in [-0.05, 0) is 55.9 Å². The van der Waals surface area contributed by atoms with E-state index in [1.165, 1.54) is 6.07 Å². The zero-order valence-electron chi connectivity index (χ0n) is 12.1. The summed E-state index contributed by atoms with van der Waals surface area (Å²) in [6.45, 7) is 0. The van der Waals surface area contributed by atoms with Crippen molar-refractivity contribution in [3.63, 3.8) is 0 Å². The molecule has 1 aliphatic rings. The van der Waals surface area contributed by atoms with Crippen LogP contribution < -0.4 is 5.22 Å². The summed E-state index contributed by atoms with van der Waals surface area (Å²) >= 11 is 0. The van der Waals surface area contributed by atoms with Crippen molar-refractivity contribution in [1.29, 1.82) is 0 Å². The molecule has 2 unspecified atom stereocenters. The molecule has 0 saturated carbocycles. The molecule has 2 N–H and O–H groups in total. The van der Waals surface area contributed by atoms with Crippen molar-refractivity contribution in [2.75, 3.05) is 0 Å². The fraction of sp³-hybridized carbons (Fsp3) is 0.100. The Morgan fingerprint density at radius 1 is 0.826 bits per heavy atom. The summed E-state index contributed by atoms with van der Waals surface area (Å²) in [6, 6.07) is 14.6. The molecule has 0 aromatic heterocycles. The number of fused-ring (bicyclic) bond motifs is 2. The van der Waals surface area contributed by atoms with Gasteiger partial charge in [0.05, 0.1) is 0 Å². The number of hydrogen-bond acceptors (Lipinski definition) is 2. The van der Waals surface area contributed by atoms with Gasteiger partial charge >= 0.3 is 0 Å². The predicted molar refractivity (Wildman–Crippen MR) is 89.6 cm³/mol. The van der Waals surface area contributed by atoms with E-state index in [0.29, 0.717) is 5.39 Å². The lowest BCUT2D eigenvalue weighted by molar-refractivity contribution is 0.0572. The largest absolute Gasteiger partial charge is 0.386 e. The Morgan fingerprint density at radius 2 is 1.70 bits per heavy atom. The topological polar surface area (TPSA) is 40.5 Å². The number of rotatable bonds is 0. The Kier molecular flexibility index (Phi) is 2.42. The van der Waals surface area contributed by atoms with Crippen LogP contribution in [0, 0.1) is 5.82 Å². The molecular formula is C20H13FO2. The minimum Gasteiger partial charge on any atom is -0.386 e. The van der Waals surface area contributed by atoms with E-state index in [4.69, 9.17) is 0 Å². The first kappa shape index (κ1) is 13.0. The predicted octanol–water partition coefficient (Wildman–Crippen LogP) is 3.19. The summed E-state index contributed by atoms with van der Waals surface area (Å²) in [5.41, 5.74) is 0.726. The van der Waals surface area contributed by atoms with Gasteiger partial charge in [0.1, 0.15) is 18.0 Å². The molecule has 112 valence electrons. The second-order valence-electron chi connectivity index (χ2n) is 6.14. The molecule has 0 spiro atoms.